The van der Waals surface area contributed by atoms with E-state index in [0.29, 0.717) is 5.56 Å². The summed E-state index contributed by atoms with van der Waals surface area (Å²) in [6.07, 6.45) is 3.19. The van der Waals surface area contributed by atoms with Crippen molar-refractivity contribution in [3.05, 3.63) is 35.0 Å². The fourth-order valence-corrected chi connectivity index (χ4v) is 4.65. The number of morpholine rings is 1. The minimum absolute atomic E-state index is 0.182. The van der Waals surface area contributed by atoms with Crippen molar-refractivity contribution < 1.29 is 9.53 Å². The van der Waals surface area contributed by atoms with Gasteiger partial charge < -0.3 is 9.30 Å². The third kappa shape index (κ3) is 3.59. The number of nitrogens with one attached hydrogen (secondary N) is 1. The van der Waals surface area contributed by atoms with Crippen LogP contribution in [0.15, 0.2) is 23.3 Å². The van der Waals surface area contributed by atoms with Crippen LogP contribution in [0.3, 0.4) is 0 Å². The van der Waals surface area contributed by atoms with Gasteiger partial charge in [0.2, 0.25) is 0 Å². The number of aryl methyl sites for hydroxylation is 1. The zero-order valence-electron chi connectivity index (χ0n) is 17.0. The molecule has 0 bridgehead atoms. The molecule has 0 unspecified atom stereocenters. The number of hydrogen-bond donors (Lipinski definition) is 1. The van der Waals surface area contributed by atoms with Crippen LogP contribution in [0.25, 0.3) is 10.9 Å². The Morgan fingerprint density at radius 3 is 2.82 bits per heavy atom. The van der Waals surface area contributed by atoms with Crippen LogP contribution in [-0.4, -0.2) is 54.9 Å². The normalized spacial score (nSPS) is 19.4. The largest absolute Gasteiger partial charge is 0.379 e. The third-order valence-corrected chi connectivity index (χ3v) is 6.18. The van der Waals surface area contributed by atoms with Gasteiger partial charge in [0.25, 0.3) is 5.91 Å². The summed E-state index contributed by atoms with van der Waals surface area (Å²) in [7, 11) is 0. The van der Waals surface area contributed by atoms with Crippen molar-refractivity contribution in [3.8, 4) is 0 Å². The van der Waals surface area contributed by atoms with Crippen LogP contribution in [0.1, 0.15) is 41.9 Å². The van der Waals surface area contributed by atoms with E-state index in [1.54, 1.807) is 0 Å². The molecule has 1 aliphatic carbocycles. The van der Waals surface area contributed by atoms with Gasteiger partial charge in [-0.3, -0.25) is 9.69 Å². The maximum Gasteiger partial charge on any atom is 0.272 e. The van der Waals surface area contributed by atoms with Gasteiger partial charge in [-0.05, 0) is 42.4 Å². The number of benzene rings is 1. The highest BCUT2D eigenvalue weighted by Gasteiger charge is 2.31. The molecule has 2 aromatic rings. The number of aromatic nitrogens is 1. The summed E-state index contributed by atoms with van der Waals surface area (Å²) in [5.74, 6) is -0.182. The Morgan fingerprint density at radius 2 is 2.07 bits per heavy atom. The average molecular weight is 383 g/mol. The zero-order chi connectivity index (χ0) is 19.7. The number of fused-ring (bicyclic) bond motifs is 3. The average Bonchev–Trinajstić information content (AvgIpc) is 2.99. The molecule has 1 N–H and O–H groups in total. The lowest BCUT2D eigenvalue weighted by Gasteiger charge is -2.32. The van der Waals surface area contributed by atoms with Crippen molar-refractivity contribution >= 4 is 23.5 Å². The first-order valence-electron chi connectivity index (χ1n) is 10.2. The molecule has 2 heterocycles. The second-order valence-corrected chi connectivity index (χ2v) is 8.67. The second-order valence-electron chi connectivity index (χ2n) is 8.67. The van der Waals surface area contributed by atoms with E-state index in [1.165, 1.54) is 11.3 Å². The predicted molar refractivity (Wildman–Crippen MR) is 112 cm³/mol. The maximum absolute atomic E-state index is 12.6. The number of amides is 1. The van der Waals surface area contributed by atoms with Gasteiger partial charge in [0.15, 0.2) is 0 Å². The van der Waals surface area contributed by atoms with Crippen LogP contribution >= 0.6 is 0 Å². The molecular formula is C22H30N4O2. The number of ether oxygens (including phenoxy) is 1. The van der Waals surface area contributed by atoms with E-state index < -0.39 is 0 Å². The number of hydrazone groups is 1. The molecule has 150 valence electrons. The van der Waals surface area contributed by atoms with Gasteiger partial charge in [-0.1, -0.05) is 19.9 Å². The lowest BCUT2D eigenvalue weighted by atomic mass is 9.76. The summed E-state index contributed by atoms with van der Waals surface area (Å²) in [6, 6.07) is 6.02. The van der Waals surface area contributed by atoms with Crippen LogP contribution in [0.4, 0.5) is 0 Å². The smallest absolute Gasteiger partial charge is 0.272 e. The van der Waals surface area contributed by atoms with Crippen molar-refractivity contribution in [3.63, 3.8) is 0 Å². The molecule has 1 amide bonds. The third-order valence-electron chi connectivity index (χ3n) is 6.18. The molecule has 6 heteroatoms. The maximum atomic E-state index is 12.6. The number of hydrogen-bond acceptors (Lipinski definition) is 4. The Hall–Kier alpha value is -2.18. The molecule has 0 saturated carbocycles. The number of nitrogens with zero attached hydrogens (tertiary/aromatic N) is 3. The molecule has 0 spiro atoms. The molecule has 2 aliphatic rings. The molecule has 1 aliphatic heterocycles. The monoisotopic (exact) mass is 382 g/mol. The van der Waals surface area contributed by atoms with E-state index in [9.17, 15) is 4.79 Å². The van der Waals surface area contributed by atoms with E-state index in [2.05, 4.69) is 46.6 Å². The fraction of sp³-hybridized carbons (Fsp3) is 0.545. The van der Waals surface area contributed by atoms with Crippen LogP contribution in [0.5, 0.6) is 0 Å². The topological polar surface area (TPSA) is 58.9 Å². The van der Waals surface area contributed by atoms with Crippen molar-refractivity contribution in [2.45, 2.75) is 39.7 Å². The summed E-state index contributed by atoms with van der Waals surface area (Å²) < 4.78 is 7.94. The van der Waals surface area contributed by atoms with E-state index in [1.807, 2.05) is 12.1 Å². The quantitative estimate of drug-likeness (QED) is 0.639. The van der Waals surface area contributed by atoms with Gasteiger partial charge in [0.1, 0.15) is 0 Å². The molecule has 0 radical (unpaired) electrons. The first-order valence-corrected chi connectivity index (χ1v) is 10.2. The van der Waals surface area contributed by atoms with Crippen LogP contribution in [-0.2, 0) is 24.1 Å². The number of carbonyl (C=O) groups is 1. The summed E-state index contributed by atoms with van der Waals surface area (Å²) in [4.78, 5) is 15.1. The molecule has 1 aromatic heterocycles. The Bertz CT molecular complexity index is 894. The molecular weight excluding hydrogens is 352 g/mol. The van der Waals surface area contributed by atoms with Crippen molar-refractivity contribution in [1.82, 2.24) is 14.9 Å². The molecule has 1 saturated heterocycles. The predicted octanol–water partition coefficient (Wildman–Crippen LogP) is 2.83. The van der Waals surface area contributed by atoms with Crippen LogP contribution in [0, 0.1) is 5.41 Å². The van der Waals surface area contributed by atoms with Gasteiger partial charge in [-0.2, -0.15) is 5.10 Å². The van der Waals surface area contributed by atoms with E-state index >= 15 is 0 Å². The van der Waals surface area contributed by atoms with Gasteiger partial charge in [-0.25, -0.2) is 5.43 Å². The minimum Gasteiger partial charge on any atom is -0.379 e. The highest BCUT2D eigenvalue weighted by atomic mass is 16.5. The Balaban J connectivity index is 1.77. The highest BCUT2D eigenvalue weighted by Crippen LogP contribution is 2.41. The summed E-state index contributed by atoms with van der Waals surface area (Å²) >= 11 is 0. The Labute approximate surface area is 166 Å². The number of carbonyl (C=O) groups excluding carboxylic acids is 1. The van der Waals surface area contributed by atoms with E-state index in [-0.39, 0.29) is 11.3 Å². The van der Waals surface area contributed by atoms with Gasteiger partial charge in [0, 0.05) is 49.5 Å². The van der Waals surface area contributed by atoms with Gasteiger partial charge in [0.05, 0.1) is 18.8 Å². The van der Waals surface area contributed by atoms with Gasteiger partial charge in [-0.15, -0.1) is 0 Å². The van der Waals surface area contributed by atoms with E-state index in [0.717, 1.165) is 69.6 Å². The summed E-state index contributed by atoms with van der Waals surface area (Å²) in [6.45, 7) is 13.6. The molecule has 6 nitrogen and oxygen atoms in total. The molecule has 1 aromatic carbocycles. The van der Waals surface area contributed by atoms with Crippen molar-refractivity contribution in [2.75, 3.05) is 32.8 Å². The highest BCUT2D eigenvalue weighted by molar-refractivity contribution is 6.08. The molecule has 28 heavy (non-hydrogen) atoms. The summed E-state index contributed by atoms with van der Waals surface area (Å²) in [5.41, 5.74) is 7.39. The molecule has 1 fully saturated rings. The van der Waals surface area contributed by atoms with E-state index in [4.69, 9.17) is 4.74 Å². The van der Waals surface area contributed by atoms with Crippen molar-refractivity contribution in [2.24, 2.45) is 10.5 Å². The fourth-order valence-electron chi connectivity index (χ4n) is 4.65. The van der Waals surface area contributed by atoms with Crippen LogP contribution < -0.4 is 5.43 Å². The number of rotatable bonds is 5. The first kappa shape index (κ1) is 19.2. The Kier molecular flexibility index (Phi) is 5.25. The van der Waals surface area contributed by atoms with Gasteiger partial charge >= 0.3 is 0 Å². The first-order chi connectivity index (χ1) is 13.5. The minimum atomic E-state index is -0.182. The lowest BCUT2D eigenvalue weighted by Crippen LogP contribution is -2.38. The lowest BCUT2D eigenvalue weighted by molar-refractivity contribution is 0.0364. The molecule has 0 atom stereocenters. The Morgan fingerprint density at radius 1 is 1.29 bits per heavy atom. The molecule has 4 rings (SSSR count). The second kappa shape index (κ2) is 7.68. The zero-order valence-corrected chi connectivity index (χ0v) is 17.0. The standard InChI is InChI=1S/C22H30N4O2/c1-22(2)8-7-16-19(15-22)26(10-9-25-11-13-28-14-12-25)18-6-4-5-17(20(16)18)21(27)24-23-3/h4-6H,3,7-15H2,1-2H3,(H,24,27). The SMILES string of the molecule is C=NNC(=O)c1cccc2c1c1c(n2CCN2CCOCC2)CC(C)(C)CC1. The summed E-state index contributed by atoms with van der Waals surface area (Å²) in [5, 5.41) is 4.68. The van der Waals surface area contributed by atoms with Crippen LogP contribution in [0.2, 0.25) is 0 Å². The van der Waals surface area contributed by atoms with Crippen molar-refractivity contribution in [1.29, 1.82) is 0 Å².